The first-order chi connectivity index (χ1) is 12.1. The molecule has 0 saturated carbocycles. The molecule has 1 aromatic carbocycles. The Morgan fingerprint density at radius 2 is 2.08 bits per heavy atom. The summed E-state index contributed by atoms with van der Waals surface area (Å²) in [5.74, 6) is 0.0543. The zero-order valence-electron chi connectivity index (χ0n) is 13.2. The Labute approximate surface area is 141 Å². The molecule has 0 spiro atoms. The lowest BCUT2D eigenvalue weighted by Gasteiger charge is -2.02. The van der Waals surface area contributed by atoms with E-state index in [-0.39, 0.29) is 12.0 Å². The van der Waals surface area contributed by atoms with Gasteiger partial charge in [-0.3, -0.25) is 9.98 Å². The second-order valence-electron chi connectivity index (χ2n) is 4.96. The lowest BCUT2D eigenvalue weighted by Crippen LogP contribution is -2.22. The van der Waals surface area contributed by atoms with Crippen molar-refractivity contribution < 1.29 is 14.9 Å². The zero-order chi connectivity index (χ0) is 17.8. The first-order valence-corrected chi connectivity index (χ1v) is 7.20. The number of nitrogens with zero attached hydrogens (tertiary/aromatic N) is 6. The highest BCUT2D eigenvalue weighted by molar-refractivity contribution is 5.36. The normalized spacial score (nSPS) is 11.5. The second kappa shape index (κ2) is 6.83. The molecule has 3 rings (SSSR count). The largest absolute Gasteiger partial charge is 0.497 e. The molecule has 0 aliphatic rings. The molecule has 25 heavy (non-hydrogen) atoms. The molecule has 0 unspecified atom stereocenters. The molecule has 128 valence electrons. The summed E-state index contributed by atoms with van der Waals surface area (Å²) in [6.45, 7) is 0.115. The van der Waals surface area contributed by atoms with Crippen LogP contribution in [0.1, 0.15) is 5.56 Å². The quantitative estimate of drug-likeness (QED) is 0.424. The maximum absolute atomic E-state index is 11.2. The van der Waals surface area contributed by atoms with Gasteiger partial charge in [-0.2, -0.15) is 0 Å². The predicted molar refractivity (Wildman–Crippen MR) is 85.4 cm³/mol. The molecule has 0 aliphatic heterocycles. The van der Waals surface area contributed by atoms with Crippen LogP contribution in [0.2, 0.25) is 0 Å². The molecule has 10 heteroatoms. The van der Waals surface area contributed by atoms with Gasteiger partial charge >= 0.3 is 5.82 Å². The topological polar surface area (TPSA) is 121 Å². The SMILES string of the molecule is COc1ccc(-n2nc([N+](=O)[O-])c(=NCc3cccnc3)n2O)cc1. The first-order valence-electron chi connectivity index (χ1n) is 7.20. The van der Waals surface area contributed by atoms with Crippen LogP contribution in [0.5, 0.6) is 5.75 Å². The van der Waals surface area contributed by atoms with Crippen molar-refractivity contribution in [2.75, 3.05) is 7.11 Å². The van der Waals surface area contributed by atoms with Crippen LogP contribution in [0.25, 0.3) is 5.69 Å². The highest BCUT2D eigenvalue weighted by Crippen LogP contribution is 2.14. The van der Waals surface area contributed by atoms with E-state index < -0.39 is 10.7 Å². The van der Waals surface area contributed by atoms with Crippen LogP contribution < -0.4 is 10.2 Å². The maximum Gasteiger partial charge on any atom is 0.438 e. The van der Waals surface area contributed by atoms with Crippen molar-refractivity contribution in [2.24, 2.45) is 4.99 Å². The van der Waals surface area contributed by atoms with Crippen molar-refractivity contribution in [3.05, 3.63) is 70.0 Å². The van der Waals surface area contributed by atoms with E-state index in [2.05, 4.69) is 15.1 Å². The van der Waals surface area contributed by atoms with Crippen LogP contribution >= 0.6 is 0 Å². The Morgan fingerprint density at radius 1 is 1.32 bits per heavy atom. The van der Waals surface area contributed by atoms with Crippen LogP contribution in [0.4, 0.5) is 5.82 Å². The summed E-state index contributed by atoms with van der Waals surface area (Å²) < 4.78 is 5.06. The molecule has 0 aliphatic carbocycles. The number of hydrogen-bond donors (Lipinski definition) is 1. The fourth-order valence-electron chi connectivity index (χ4n) is 2.15. The van der Waals surface area contributed by atoms with Gasteiger partial charge in [-0.15, -0.1) is 0 Å². The highest BCUT2D eigenvalue weighted by atomic mass is 16.6. The van der Waals surface area contributed by atoms with Crippen molar-refractivity contribution in [1.82, 2.24) is 19.7 Å². The molecular formula is C15H14N6O4. The molecule has 1 N–H and O–H groups in total. The van der Waals surface area contributed by atoms with Gasteiger partial charge in [0.15, 0.2) is 0 Å². The summed E-state index contributed by atoms with van der Waals surface area (Å²) in [5, 5.41) is 25.4. The lowest BCUT2D eigenvalue weighted by atomic mass is 10.3. The molecule has 2 heterocycles. The number of methoxy groups -OCH3 is 1. The molecule has 0 fully saturated rings. The Balaban J connectivity index is 2.05. The third-order valence-electron chi connectivity index (χ3n) is 3.37. The Morgan fingerprint density at radius 3 is 2.68 bits per heavy atom. The summed E-state index contributed by atoms with van der Waals surface area (Å²) in [6, 6.07) is 10.0. The minimum Gasteiger partial charge on any atom is -0.497 e. The Kier molecular flexibility index (Phi) is 4.42. The summed E-state index contributed by atoms with van der Waals surface area (Å²) in [7, 11) is 1.52. The number of nitro groups is 1. The summed E-state index contributed by atoms with van der Waals surface area (Å²) >= 11 is 0. The van der Waals surface area contributed by atoms with E-state index in [4.69, 9.17) is 4.74 Å². The Bertz CT molecular complexity index is 946. The van der Waals surface area contributed by atoms with Gasteiger partial charge in [-0.25, -0.2) is 0 Å². The summed E-state index contributed by atoms with van der Waals surface area (Å²) in [4.78, 5) is 20.1. The van der Waals surface area contributed by atoms with Crippen molar-refractivity contribution in [1.29, 1.82) is 0 Å². The van der Waals surface area contributed by atoms with Crippen molar-refractivity contribution in [3.8, 4) is 11.4 Å². The van der Waals surface area contributed by atoms with Gasteiger partial charge in [0, 0.05) is 12.4 Å². The van der Waals surface area contributed by atoms with E-state index >= 15 is 0 Å². The maximum atomic E-state index is 11.2. The minimum atomic E-state index is -0.700. The lowest BCUT2D eigenvalue weighted by molar-refractivity contribution is -0.391. The zero-order valence-corrected chi connectivity index (χ0v) is 13.2. The van der Waals surface area contributed by atoms with Gasteiger partial charge in [-0.1, -0.05) is 10.9 Å². The minimum absolute atomic E-state index is 0.115. The molecule has 0 bridgehead atoms. The van der Waals surface area contributed by atoms with E-state index in [1.165, 1.54) is 7.11 Å². The molecule has 0 atom stereocenters. The third-order valence-corrected chi connectivity index (χ3v) is 3.37. The molecule has 2 aromatic heterocycles. The molecule has 0 saturated heterocycles. The van der Waals surface area contributed by atoms with Crippen LogP contribution in [0.3, 0.4) is 0 Å². The van der Waals surface area contributed by atoms with E-state index in [9.17, 15) is 15.3 Å². The summed E-state index contributed by atoms with van der Waals surface area (Å²) in [6.07, 6.45) is 3.20. The van der Waals surface area contributed by atoms with Gasteiger partial charge in [0.25, 0.3) is 5.49 Å². The average molecular weight is 342 g/mol. The molecular weight excluding hydrogens is 328 g/mol. The van der Waals surface area contributed by atoms with Crippen LogP contribution in [-0.4, -0.2) is 37.0 Å². The molecule has 0 amide bonds. The van der Waals surface area contributed by atoms with Crippen LogP contribution in [-0.2, 0) is 6.54 Å². The monoisotopic (exact) mass is 342 g/mol. The van der Waals surface area contributed by atoms with Gasteiger partial charge in [0.05, 0.1) is 18.8 Å². The molecule has 10 nitrogen and oxygen atoms in total. The van der Waals surface area contributed by atoms with E-state index in [1.54, 1.807) is 48.8 Å². The Hall–Kier alpha value is -3.69. The number of benzene rings is 1. The molecule has 0 radical (unpaired) electrons. The number of rotatable bonds is 5. The smallest absolute Gasteiger partial charge is 0.438 e. The van der Waals surface area contributed by atoms with Crippen LogP contribution in [0, 0.1) is 10.1 Å². The van der Waals surface area contributed by atoms with Gasteiger partial charge in [-0.05, 0) is 45.6 Å². The average Bonchev–Trinajstić information content (AvgIpc) is 2.98. The van der Waals surface area contributed by atoms with Gasteiger partial charge < -0.3 is 20.1 Å². The number of pyridine rings is 1. The highest BCUT2D eigenvalue weighted by Gasteiger charge is 2.23. The summed E-state index contributed by atoms with van der Waals surface area (Å²) in [5.41, 5.74) is 0.896. The number of hydrogen-bond acceptors (Lipinski definition) is 7. The standard InChI is InChI=1S/C15H14N6O4/c1-25-13-6-4-12(5-7-13)19-18-15(21(23)24)14(20(19)22)17-10-11-3-2-8-16-9-11/h2-9,22H,10H2,1H3. The second-order valence-corrected chi connectivity index (χ2v) is 4.96. The number of aromatic nitrogens is 4. The van der Waals surface area contributed by atoms with Crippen molar-refractivity contribution >= 4 is 5.82 Å². The van der Waals surface area contributed by atoms with E-state index in [0.717, 1.165) is 10.4 Å². The number of ether oxygens (including phenoxy) is 1. The van der Waals surface area contributed by atoms with Crippen molar-refractivity contribution in [3.63, 3.8) is 0 Å². The van der Waals surface area contributed by atoms with E-state index in [0.29, 0.717) is 16.3 Å². The van der Waals surface area contributed by atoms with Crippen molar-refractivity contribution in [2.45, 2.75) is 6.54 Å². The van der Waals surface area contributed by atoms with Gasteiger partial charge in [0.1, 0.15) is 11.4 Å². The fraction of sp³-hybridized carbons (Fsp3) is 0.133. The fourth-order valence-corrected chi connectivity index (χ4v) is 2.15. The van der Waals surface area contributed by atoms with Crippen LogP contribution in [0.15, 0.2) is 53.8 Å². The van der Waals surface area contributed by atoms with Gasteiger partial charge in [0.2, 0.25) is 0 Å². The molecule has 3 aromatic rings. The predicted octanol–water partition coefficient (Wildman–Crippen LogP) is 1.32. The van der Waals surface area contributed by atoms with E-state index in [1.807, 2.05) is 0 Å². The third kappa shape index (κ3) is 3.32. The first kappa shape index (κ1) is 16.2.